The van der Waals surface area contributed by atoms with Crippen LogP contribution in [-0.2, 0) is 22.6 Å². The van der Waals surface area contributed by atoms with Gasteiger partial charge in [-0.1, -0.05) is 90.1 Å². The summed E-state index contributed by atoms with van der Waals surface area (Å²) >= 11 is 12.4. The highest BCUT2D eigenvalue weighted by Crippen LogP contribution is 2.25. The highest BCUT2D eigenvalue weighted by molar-refractivity contribution is 6.42. The number of ether oxygens (including phenoxy) is 1. The maximum absolute atomic E-state index is 13.8. The Hall–Kier alpha value is -3.02. The number of amides is 2. The molecule has 0 aliphatic heterocycles. The van der Waals surface area contributed by atoms with Crippen LogP contribution in [0.2, 0.25) is 10.0 Å². The summed E-state index contributed by atoms with van der Waals surface area (Å²) in [6, 6.07) is 22.5. The summed E-state index contributed by atoms with van der Waals surface area (Å²) in [6.45, 7) is 2.69. The van der Waals surface area contributed by atoms with Crippen molar-refractivity contribution in [1.29, 1.82) is 0 Å². The number of nitrogens with zero attached hydrogens (tertiary/aromatic N) is 1. The van der Waals surface area contributed by atoms with Gasteiger partial charge in [0.05, 0.1) is 16.7 Å². The molecule has 0 heterocycles. The minimum Gasteiger partial charge on any atom is -0.494 e. The van der Waals surface area contributed by atoms with Gasteiger partial charge in [0.1, 0.15) is 11.8 Å². The van der Waals surface area contributed by atoms with Crippen LogP contribution in [0.4, 0.5) is 0 Å². The van der Waals surface area contributed by atoms with Crippen molar-refractivity contribution in [3.05, 3.63) is 99.5 Å². The van der Waals surface area contributed by atoms with Gasteiger partial charge in [-0.25, -0.2) is 0 Å². The highest BCUT2D eigenvalue weighted by atomic mass is 35.5. The Kier molecular flexibility index (Phi) is 10.7. The van der Waals surface area contributed by atoms with Crippen LogP contribution in [0, 0.1) is 6.92 Å². The molecule has 3 aromatic carbocycles. The van der Waals surface area contributed by atoms with Gasteiger partial charge in [0.2, 0.25) is 11.8 Å². The van der Waals surface area contributed by atoms with Gasteiger partial charge in [-0.3, -0.25) is 9.59 Å². The van der Waals surface area contributed by atoms with Gasteiger partial charge in [0.15, 0.2) is 0 Å². The monoisotopic (exact) mass is 566 g/mol. The van der Waals surface area contributed by atoms with E-state index in [1.165, 1.54) is 0 Å². The third-order valence-electron chi connectivity index (χ3n) is 7.13. The first kappa shape index (κ1) is 29.0. The number of rotatable bonds is 12. The molecule has 1 fully saturated rings. The molecule has 1 atom stereocenters. The minimum absolute atomic E-state index is 0.101. The summed E-state index contributed by atoms with van der Waals surface area (Å²) in [5, 5.41) is 4.10. The van der Waals surface area contributed by atoms with Crippen molar-refractivity contribution in [2.75, 3.05) is 6.61 Å². The smallest absolute Gasteiger partial charge is 0.243 e. The molecular formula is C32H36Cl2N2O3. The number of aryl methyl sites for hydroxylation is 1. The third-order valence-corrected chi connectivity index (χ3v) is 7.87. The van der Waals surface area contributed by atoms with Crippen LogP contribution in [-0.4, -0.2) is 35.4 Å². The van der Waals surface area contributed by atoms with Gasteiger partial charge in [-0.05, 0) is 61.6 Å². The van der Waals surface area contributed by atoms with Gasteiger partial charge in [-0.15, -0.1) is 0 Å². The molecule has 0 spiro atoms. The fourth-order valence-electron chi connectivity index (χ4n) is 4.95. The molecule has 2 amide bonds. The Labute approximate surface area is 241 Å². The Morgan fingerprint density at radius 1 is 0.949 bits per heavy atom. The van der Waals surface area contributed by atoms with Crippen LogP contribution in [0.1, 0.15) is 55.2 Å². The molecule has 1 aliphatic carbocycles. The summed E-state index contributed by atoms with van der Waals surface area (Å²) in [5.74, 6) is 0.560. The number of nitrogens with one attached hydrogen (secondary N) is 1. The molecule has 206 valence electrons. The van der Waals surface area contributed by atoms with Crippen molar-refractivity contribution >= 4 is 35.0 Å². The average molecular weight is 568 g/mol. The van der Waals surface area contributed by atoms with Crippen LogP contribution in [0.3, 0.4) is 0 Å². The number of hydrogen-bond acceptors (Lipinski definition) is 3. The summed E-state index contributed by atoms with van der Waals surface area (Å²) in [7, 11) is 0. The van der Waals surface area contributed by atoms with E-state index in [0.717, 1.165) is 48.1 Å². The Balaban J connectivity index is 1.53. The molecule has 0 aromatic heterocycles. The quantitative estimate of drug-likeness (QED) is 0.236. The van der Waals surface area contributed by atoms with Crippen LogP contribution in [0.15, 0.2) is 72.8 Å². The molecule has 0 bridgehead atoms. The molecule has 1 aliphatic rings. The van der Waals surface area contributed by atoms with Crippen LogP contribution in [0.25, 0.3) is 0 Å². The van der Waals surface area contributed by atoms with Crippen molar-refractivity contribution < 1.29 is 14.3 Å². The Morgan fingerprint density at radius 3 is 2.36 bits per heavy atom. The van der Waals surface area contributed by atoms with E-state index in [0.29, 0.717) is 29.5 Å². The molecule has 3 aromatic rings. The predicted molar refractivity (Wildman–Crippen MR) is 157 cm³/mol. The van der Waals surface area contributed by atoms with Gasteiger partial charge < -0.3 is 15.0 Å². The molecule has 39 heavy (non-hydrogen) atoms. The van der Waals surface area contributed by atoms with Gasteiger partial charge in [0.25, 0.3) is 0 Å². The van der Waals surface area contributed by atoms with Crippen molar-refractivity contribution in [1.82, 2.24) is 10.2 Å². The zero-order chi connectivity index (χ0) is 27.6. The molecule has 1 saturated carbocycles. The molecule has 0 unspecified atom stereocenters. The number of halogens is 2. The first-order valence-corrected chi connectivity index (χ1v) is 14.4. The van der Waals surface area contributed by atoms with E-state index in [-0.39, 0.29) is 30.8 Å². The molecule has 4 rings (SSSR count). The van der Waals surface area contributed by atoms with Crippen LogP contribution < -0.4 is 10.1 Å². The number of carbonyl (C=O) groups excluding carboxylic acids is 2. The Morgan fingerprint density at radius 2 is 1.67 bits per heavy atom. The first-order chi connectivity index (χ1) is 18.9. The van der Waals surface area contributed by atoms with E-state index in [2.05, 4.69) is 5.32 Å². The second kappa shape index (κ2) is 14.4. The minimum atomic E-state index is -0.659. The average Bonchev–Trinajstić information content (AvgIpc) is 3.45. The second-order valence-electron chi connectivity index (χ2n) is 10.2. The summed E-state index contributed by atoms with van der Waals surface area (Å²) in [5.41, 5.74) is 2.98. The standard InChI is InChI=1S/C32H36Cl2N2O3/c1-23-13-16-27(17-14-23)39-19-7-12-31(37)36(22-25-15-18-28(33)29(34)20-25)30(21-24-8-3-2-4-9-24)32(38)35-26-10-5-6-11-26/h2-4,8-9,13-18,20,26,30H,5-7,10-12,19,21-22H2,1H3,(H,35,38)/t30-/m1/s1. The maximum atomic E-state index is 13.8. The van der Waals surface area contributed by atoms with Gasteiger partial charge >= 0.3 is 0 Å². The van der Waals surface area contributed by atoms with Crippen molar-refractivity contribution in [2.24, 2.45) is 0 Å². The molecule has 7 heteroatoms. The molecule has 1 N–H and O–H groups in total. The van der Waals surface area contributed by atoms with Crippen LogP contribution >= 0.6 is 23.2 Å². The molecule has 0 saturated heterocycles. The molecule has 0 radical (unpaired) electrons. The molecular weight excluding hydrogens is 531 g/mol. The maximum Gasteiger partial charge on any atom is 0.243 e. The first-order valence-electron chi connectivity index (χ1n) is 13.7. The normalized spacial score (nSPS) is 14.1. The van der Waals surface area contributed by atoms with Gasteiger partial charge in [-0.2, -0.15) is 0 Å². The van der Waals surface area contributed by atoms with E-state index in [1.54, 1.807) is 17.0 Å². The summed E-state index contributed by atoms with van der Waals surface area (Å²) in [4.78, 5) is 29.2. The largest absolute Gasteiger partial charge is 0.494 e. The lowest BCUT2D eigenvalue weighted by Gasteiger charge is -2.32. The Bertz CT molecular complexity index is 1230. The highest BCUT2D eigenvalue weighted by Gasteiger charge is 2.32. The number of benzene rings is 3. The van der Waals surface area contributed by atoms with E-state index in [4.69, 9.17) is 27.9 Å². The zero-order valence-corrected chi connectivity index (χ0v) is 23.9. The topological polar surface area (TPSA) is 58.6 Å². The van der Waals surface area contributed by atoms with Crippen molar-refractivity contribution in [3.63, 3.8) is 0 Å². The fraction of sp³-hybridized carbons (Fsp3) is 0.375. The summed E-state index contributed by atoms with van der Waals surface area (Å²) < 4.78 is 5.85. The van der Waals surface area contributed by atoms with E-state index in [1.807, 2.05) is 67.6 Å². The lowest BCUT2D eigenvalue weighted by Crippen LogP contribution is -2.52. The zero-order valence-electron chi connectivity index (χ0n) is 22.4. The van der Waals surface area contributed by atoms with Crippen molar-refractivity contribution in [2.45, 2.75) is 70.5 Å². The lowest BCUT2D eigenvalue weighted by molar-refractivity contribution is -0.141. The lowest BCUT2D eigenvalue weighted by atomic mass is 10.0. The number of hydrogen-bond donors (Lipinski definition) is 1. The SMILES string of the molecule is Cc1ccc(OCCCC(=O)N(Cc2ccc(Cl)c(Cl)c2)[C@H](Cc2ccccc2)C(=O)NC2CCCC2)cc1. The van der Waals surface area contributed by atoms with E-state index < -0.39 is 6.04 Å². The van der Waals surface area contributed by atoms with E-state index >= 15 is 0 Å². The second-order valence-corrected chi connectivity index (χ2v) is 11.0. The van der Waals surface area contributed by atoms with E-state index in [9.17, 15) is 9.59 Å². The predicted octanol–water partition coefficient (Wildman–Crippen LogP) is 7.16. The van der Waals surface area contributed by atoms with Crippen LogP contribution in [0.5, 0.6) is 5.75 Å². The van der Waals surface area contributed by atoms with Gasteiger partial charge in [0, 0.05) is 25.4 Å². The molecule has 5 nitrogen and oxygen atoms in total. The fourth-order valence-corrected chi connectivity index (χ4v) is 5.27. The van der Waals surface area contributed by atoms with Crippen molar-refractivity contribution in [3.8, 4) is 5.75 Å². The number of carbonyl (C=O) groups is 2. The summed E-state index contributed by atoms with van der Waals surface area (Å²) in [6.07, 6.45) is 5.39. The third kappa shape index (κ3) is 8.74.